The molecule has 2 saturated heterocycles. The van der Waals surface area contributed by atoms with Crippen LogP contribution in [0.3, 0.4) is 0 Å². The highest BCUT2D eigenvalue weighted by Crippen LogP contribution is 2.24. The normalized spacial score (nSPS) is 29.7. The number of nitrogens with one attached hydrogen (secondary N) is 1. The highest BCUT2D eigenvalue weighted by atomic mass is 35.5. The van der Waals surface area contributed by atoms with Gasteiger partial charge in [-0.25, -0.2) is 0 Å². The molecule has 0 bridgehead atoms. The molecule has 136 valence electrons. The number of rotatable bonds is 3. The molecule has 1 amide bonds. The molecule has 0 aromatic rings. The predicted molar refractivity (Wildman–Crippen MR) is 96.5 cm³/mol. The molecule has 0 spiro atoms. The topological polar surface area (TPSA) is 55.8 Å². The van der Waals surface area contributed by atoms with Gasteiger partial charge in [0.2, 0.25) is 5.91 Å². The third kappa shape index (κ3) is 5.75. The molecular weight excluding hydrogens is 337 g/mol. The molecule has 3 rings (SSSR count). The largest absolute Gasteiger partial charge is 0.392 e. The van der Waals surface area contributed by atoms with Gasteiger partial charge in [0.25, 0.3) is 0 Å². The first-order valence-corrected chi connectivity index (χ1v) is 8.65. The first kappa shape index (κ1) is 21.0. The Morgan fingerprint density at radius 3 is 2.26 bits per heavy atom. The Hall–Kier alpha value is -0.0700. The second-order valence-electron chi connectivity index (χ2n) is 6.98. The number of halogens is 2. The van der Waals surface area contributed by atoms with Crippen LogP contribution in [0.25, 0.3) is 0 Å². The molecule has 23 heavy (non-hydrogen) atoms. The van der Waals surface area contributed by atoms with Crippen LogP contribution in [0.2, 0.25) is 0 Å². The van der Waals surface area contributed by atoms with Gasteiger partial charge in [-0.3, -0.25) is 9.69 Å². The molecule has 7 heteroatoms. The zero-order valence-corrected chi connectivity index (χ0v) is 15.4. The molecule has 5 nitrogen and oxygen atoms in total. The Labute approximate surface area is 152 Å². The Bertz CT molecular complexity index is 359. The van der Waals surface area contributed by atoms with E-state index >= 15 is 0 Å². The van der Waals surface area contributed by atoms with Gasteiger partial charge in [0, 0.05) is 39.3 Å². The summed E-state index contributed by atoms with van der Waals surface area (Å²) < 4.78 is 0. The molecule has 1 aliphatic carbocycles. The summed E-state index contributed by atoms with van der Waals surface area (Å²) >= 11 is 0. The number of piperazine rings is 1. The highest BCUT2D eigenvalue weighted by Gasteiger charge is 2.32. The maximum atomic E-state index is 12.4. The lowest BCUT2D eigenvalue weighted by atomic mass is 9.89. The smallest absolute Gasteiger partial charge is 0.239 e. The third-order valence-corrected chi connectivity index (χ3v) is 5.33. The molecule has 3 aliphatic rings. The van der Waals surface area contributed by atoms with Gasteiger partial charge in [0.1, 0.15) is 0 Å². The van der Waals surface area contributed by atoms with E-state index in [9.17, 15) is 9.90 Å². The van der Waals surface area contributed by atoms with Crippen LogP contribution in [0.4, 0.5) is 0 Å². The summed E-state index contributed by atoms with van der Waals surface area (Å²) in [6, 6.07) is -0.162. The quantitative estimate of drug-likeness (QED) is 0.788. The van der Waals surface area contributed by atoms with Crippen molar-refractivity contribution in [2.45, 2.75) is 50.7 Å². The van der Waals surface area contributed by atoms with E-state index in [0.29, 0.717) is 13.0 Å². The summed E-state index contributed by atoms with van der Waals surface area (Å²) in [5.41, 5.74) is 0. The number of nitrogens with zero attached hydrogens (tertiary/aromatic N) is 2. The van der Waals surface area contributed by atoms with Crippen LogP contribution >= 0.6 is 24.8 Å². The van der Waals surface area contributed by atoms with Gasteiger partial charge in [0.15, 0.2) is 0 Å². The molecule has 0 aromatic heterocycles. The van der Waals surface area contributed by atoms with Gasteiger partial charge >= 0.3 is 0 Å². The van der Waals surface area contributed by atoms with Gasteiger partial charge in [-0.15, -0.1) is 24.8 Å². The fraction of sp³-hybridized carbons (Fsp3) is 0.938. The fourth-order valence-electron chi connectivity index (χ4n) is 4.01. The summed E-state index contributed by atoms with van der Waals surface area (Å²) in [6.07, 6.45) is 7.22. The van der Waals surface area contributed by atoms with E-state index in [1.165, 1.54) is 38.6 Å². The minimum absolute atomic E-state index is 0. The Kier molecular flexibility index (Phi) is 9.16. The summed E-state index contributed by atoms with van der Waals surface area (Å²) in [7, 11) is 0. The molecule has 1 saturated carbocycles. The van der Waals surface area contributed by atoms with Crippen LogP contribution in [-0.2, 0) is 4.79 Å². The average molecular weight is 368 g/mol. The minimum atomic E-state index is -0.355. The van der Waals surface area contributed by atoms with Crippen LogP contribution in [-0.4, -0.2) is 72.2 Å². The SMILES string of the molecule is Cl.Cl.O=C(C1CC(O)CN1)N1CCN(CC2CCCCC2)CC1. The molecule has 2 atom stereocenters. The van der Waals surface area contributed by atoms with Gasteiger partial charge < -0.3 is 15.3 Å². The highest BCUT2D eigenvalue weighted by molar-refractivity contribution is 5.85. The number of β-amino-alcohol motifs (C(OH)–C–C–N with tert-alkyl or cyclic N) is 1. The second-order valence-corrected chi connectivity index (χ2v) is 6.98. The van der Waals surface area contributed by atoms with Crippen molar-refractivity contribution >= 4 is 30.7 Å². The molecule has 2 aliphatic heterocycles. The lowest BCUT2D eigenvalue weighted by molar-refractivity contribution is -0.135. The molecular formula is C16H31Cl2N3O2. The number of carbonyl (C=O) groups is 1. The standard InChI is InChI=1S/C16H29N3O2.2ClH/c20-14-10-15(17-11-14)16(21)19-8-6-18(7-9-19)12-13-4-2-1-3-5-13;;/h13-15,17,20H,1-12H2;2*1H. The van der Waals surface area contributed by atoms with Crippen LogP contribution < -0.4 is 5.32 Å². The summed E-state index contributed by atoms with van der Waals surface area (Å²) in [5, 5.41) is 12.7. The number of hydrogen-bond donors (Lipinski definition) is 2. The van der Waals surface area contributed by atoms with Gasteiger partial charge in [-0.05, 0) is 25.2 Å². The van der Waals surface area contributed by atoms with Gasteiger partial charge in [-0.1, -0.05) is 19.3 Å². The summed E-state index contributed by atoms with van der Waals surface area (Å²) in [5.74, 6) is 1.07. The van der Waals surface area contributed by atoms with E-state index in [4.69, 9.17) is 0 Å². The second kappa shape index (κ2) is 10.0. The van der Waals surface area contributed by atoms with Crippen molar-refractivity contribution in [2.24, 2.45) is 5.92 Å². The molecule has 2 N–H and O–H groups in total. The maximum absolute atomic E-state index is 12.4. The van der Waals surface area contributed by atoms with Gasteiger partial charge in [-0.2, -0.15) is 0 Å². The summed E-state index contributed by atoms with van der Waals surface area (Å²) in [4.78, 5) is 16.9. The van der Waals surface area contributed by atoms with Crippen molar-refractivity contribution < 1.29 is 9.90 Å². The van der Waals surface area contributed by atoms with E-state index in [-0.39, 0.29) is 42.9 Å². The number of aliphatic hydroxyl groups is 1. The Morgan fingerprint density at radius 1 is 1.04 bits per heavy atom. The lowest BCUT2D eigenvalue weighted by Gasteiger charge is -2.38. The fourth-order valence-corrected chi connectivity index (χ4v) is 4.01. The monoisotopic (exact) mass is 367 g/mol. The van der Waals surface area contributed by atoms with Crippen molar-refractivity contribution in [3.8, 4) is 0 Å². The zero-order chi connectivity index (χ0) is 14.7. The van der Waals surface area contributed by atoms with E-state index in [0.717, 1.165) is 32.1 Å². The van der Waals surface area contributed by atoms with E-state index in [2.05, 4.69) is 10.2 Å². The first-order chi connectivity index (χ1) is 10.2. The van der Waals surface area contributed by atoms with Gasteiger partial charge in [0.05, 0.1) is 12.1 Å². The molecule has 0 aromatic carbocycles. The lowest BCUT2D eigenvalue weighted by Crippen LogP contribution is -2.53. The average Bonchev–Trinajstić information content (AvgIpc) is 2.95. The van der Waals surface area contributed by atoms with Crippen LogP contribution in [0, 0.1) is 5.92 Å². The van der Waals surface area contributed by atoms with Crippen molar-refractivity contribution in [3.63, 3.8) is 0 Å². The number of carbonyl (C=O) groups excluding carboxylic acids is 1. The number of amides is 1. The van der Waals surface area contributed by atoms with Crippen molar-refractivity contribution in [2.75, 3.05) is 39.3 Å². The zero-order valence-electron chi connectivity index (χ0n) is 13.8. The third-order valence-electron chi connectivity index (χ3n) is 5.33. The molecule has 0 radical (unpaired) electrons. The first-order valence-electron chi connectivity index (χ1n) is 8.65. The molecule has 2 heterocycles. The van der Waals surface area contributed by atoms with E-state index in [1.807, 2.05) is 4.90 Å². The maximum Gasteiger partial charge on any atom is 0.239 e. The van der Waals surface area contributed by atoms with Crippen molar-refractivity contribution in [1.29, 1.82) is 0 Å². The van der Waals surface area contributed by atoms with Crippen LogP contribution in [0.5, 0.6) is 0 Å². The minimum Gasteiger partial charge on any atom is -0.392 e. The van der Waals surface area contributed by atoms with Crippen LogP contribution in [0.1, 0.15) is 38.5 Å². The Morgan fingerprint density at radius 2 is 1.70 bits per heavy atom. The molecule has 2 unspecified atom stereocenters. The van der Waals surface area contributed by atoms with E-state index in [1.54, 1.807) is 0 Å². The summed E-state index contributed by atoms with van der Waals surface area (Å²) in [6.45, 7) is 5.50. The molecule has 3 fully saturated rings. The van der Waals surface area contributed by atoms with Crippen LogP contribution in [0.15, 0.2) is 0 Å². The van der Waals surface area contributed by atoms with Crippen molar-refractivity contribution in [3.05, 3.63) is 0 Å². The predicted octanol–water partition coefficient (Wildman–Crippen LogP) is 1.28. The van der Waals surface area contributed by atoms with E-state index < -0.39 is 0 Å². The Balaban J connectivity index is 0.00000132. The number of aliphatic hydroxyl groups excluding tert-OH is 1. The van der Waals surface area contributed by atoms with Crippen molar-refractivity contribution in [1.82, 2.24) is 15.1 Å². The number of hydrogen-bond acceptors (Lipinski definition) is 4.